The number of carbonyl (C=O) groups is 2. The summed E-state index contributed by atoms with van der Waals surface area (Å²) in [6.45, 7) is 3.94. The van der Waals surface area contributed by atoms with Crippen molar-refractivity contribution in [1.82, 2.24) is 4.31 Å². The predicted molar refractivity (Wildman–Crippen MR) is 114 cm³/mol. The van der Waals surface area contributed by atoms with E-state index in [0.29, 0.717) is 30.0 Å². The number of hydrogen-bond acceptors (Lipinski definition) is 5. The van der Waals surface area contributed by atoms with Crippen molar-refractivity contribution in [3.63, 3.8) is 0 Å². The Hall–Kier alpha value is -2.91. The molecule has 1 N–H and O–H groups in total. The Labute approximate surface area is 176 Å². The Kier molecular flexibility index (Phi) is 6.14. The second-order valence-corrected chi connectivity index (χ2v) is 9.38. The molecular formula is C21H25N3O5S. The minimum Gasteiger partial charge on any atom is -0.462 e. The van der Waals surface area contributed by atoms with Crippen molar-refractivity contribution in [1.29, 1.82) is 0 Å². The van der Waals surface area contributed by atoms with Crippen LogP contribution in [0.5, 0.6) is 0 Å². The van der Waals surface area contributed by atoms with Gasteiger partial charge in [-0.05, 0) is 68.3 Å². The maximum absolute atomic E-state index is 12.9. The third kappa shape index (κ3) is 4.17. The molecule has 9 heteroatoms. The number of nitrogens with zero attached hydrogens (tertiary/aromatic N) is 2. The van der Waals surface area contributed by atoms with E-state index in [1.54, 1.807) is 48.2 Å². The molecule has 3 rings (SSSR count). The third-order valence-corrected chi connectivity index (χ3v) is 6.72. The van der Waals surface area contributed by atoms with E-state index in [1.807, 2.05) is 6.92 Å². The number of urea groups is 1. The molecule has 0 aromatic heterocycles. The second-order valence-electron chi connectivity index (χ2n) is 7.23. The van der Waals surface area contributed by atoms with Crippen LogP contribution in [0.25, 0.3) is 0 Å². The van der Waals surface area contributed by atoms with Crippen LogP contribution in [0.4, 0.5) is 16.2 Å². The summed E-state index contributed by atoms with van der Waals surface area (Å²) in [5.41, 5.74) is 2.43. The van der Waals surface area contributed by atoms with Gasteiger partial charge in [0.15, 0.2) is 0 Å². The number of esters is 1. The topological polar surface area (TPSA) is 96.0 Å². The molecular weight excluding hydrogens is 406 g/mol. The van der Waals surface area contributed by atoms with Gasteiger partial charge in [-0.3, -0.25) is 4.90 Å². The minimum absolute atomic E-state index is 0.129. The first-order chi connectivity index (χ1) is 14.1. The molecule has 0 saturated carbocycles. The highest BCUT2D eigenvalue weighted by Gasteiger charge is 2.32. The molecule has 0 bridgehead atoms. The molecule has 0 saturated heterocycles. The Balaban J connectivity index is 1.79. The molecule has 160 valence electrons. The van der Waals surface area contributed by atoms with Crippen molar-refractivity contribution in [2.24, 2.45) is 0 Å². The number of rotatable bonds is 5. The Morgan fingerprint density at radius 1 is 1.17 bits per heavy atom. The zero-order valence-corrected chi connectivity index (χ0v) is 18.2. The van der Waals surface area contributed by atoms with E-state index >= 15 is 0 Å². The van der Waals surface area contributed by atoms with Gasteiger partial charge in [0.25, 0.3) is 0 Å². The van der Waals surface area contributed by atoms with E-state index in [-0.39, 0.29) is 17.0 Å². The number of anilines is 2. The van der Waals surface area contributed by atoms with Crippen LogP contribution in [0, 0.1) is 0 Å². The van der Waals surface area contributed by atoms with Gasteiger partial charge in [0.2, 0.25) is 10.0 Å². The summed E-state index contributed by atoms with van der Waals surface area (Å²) >= 11 is 0. The van der Waals surface area contributed by atoms with Crippen LogP contribution in [-0.4, -0.2) is 51.5 Å². The van der Waals surface area contributed by atoms with Crippen LogP contribution in [0.2, 0.25) is 0 Å². The van der Waals surface area contributed by atoms with Gasteiger partial charge in [-0.1, -0.05) is 0 Å². The molecule has 0 spiro atoms. The monoisotopic (exact) mass is 431 g/mol. The van der Waals surface area contributed by atoms with Crippen molar-refractivity contribution in [2.45, 2.75) is 31.2 Å². The Morgan fingerprint density at radius 2 is 1.83 bits per heavy atom. The van der Waals surface area contributed by atoms with Gasteiger partial charge in [0.1, 0.15) is 0 Å². The SMILES string of the molecule is CCOC(=O)c1ccc(NC(=O)N2c3ccc(S(=O)(=O)N(C)C)cc3CC2C)cc1. The molecule has 2 amide bonds. The normalized spacial score (nSPS) is 15.8. The van der Waals surface area contributed by atoms with E-state index < -0.39 is 16.0 Å². The van der Waals surface area contributed by atoms with Gasteiger partial charge in [-0.25, -0.2) is 22.3 Å². The number of carbonyl (C=O) groups excluding carboxylic acids is 2. The smallest absolute Gasteiger partial charge is 0.338 e. The van der Waals surface area contributed by atoms with Crippen LogP contribution < -0.4 is 10.2 Å². The number of sulfonamides is 1. The highest BCUT2D eigenvalue weighted by molar-refractivity contribution is 7.89. The summed E-state index contributed by atoms with van der Waals surface area (Å²) in [6.07, 6.45) is 0.557. The fraction of sp³-hybridized carbons (Fsp3) is 0.333. The van der Waals surface area contributed by atoms with Gasteiger partial charge in [0.05, 0.1) is 17.1 Å². The first-order valence-electron chi connectivity index (χ1n) is 9.58. The van der Waals surface area contributed by atoms with Crippen molar-refractivity contribution in [2.75, 3.05) is 30.9 Å². The largest absolute Gasteiger partial charge is 0.462 e. The Morgan fingerprint density at radius 3 is 2.43 bits per heavy atom. The molecule has 1 aliphatic heterocycles. The number of ether oxygens (including phenoxy) is 1. The van der Waals surface area contributed by atoms with Crippen LogP contribution in [-0.2, 0) is 21.2 Å². The van der Waals surface area contributed by atoms with Gasteiger partial charge in [-0.2, -0.15) is 0 Å². The van der Waals surface area contributed by atoms with Crippen molar-refractivity contribution in [3.8, 4) is 0 Å². The minimum atomic E-state index is -3.54. The summed E-state index contributed by atoms with van der Waals surface area (Å²) < 4.78 is 30.9. The quantitative estimate of drug-likeness (QED) is 0.734. The number of nitrogens with one attached hydrogen (secondary N) is 1. The number of fused-ring (bicyclic) bond motifs is 1. The Bertz CT molecular complexity index is 1060. The van der Waals surface area contributed by atoms with E-state index in [4.69, 9.17) is 4.74 Å². The van der Waals surface area contributed by atoms with Gasteiger partial charge in [0, 0.05) is 31.5 Å². The average molecular weight is 432 g/mol. The van der Waals surface area contributed by atoms with Gasteiger partial charge in [-0.15, -0.1) is 0 Å². The zero-order chi connectivity index (χ0) is 22.1. The van der Waals surface area contributed by atoms with E-state index in [0.717, 1.165) is 9.87 Å². The standard InChI is InChI=1S/C21H25N3O5S/c1-5-29-20(25)15-6-8-17(9-7-15)22-21(26)24-14(2)12-16-13-18(10-11-19(16)24)30(27,28)23(3)4/h6-11,13-14H,5,12H2,1-4H3,(H,22,26). The first-order valence-corrected chi connectivity index (χ1v) is 11.0. The molecule has 30 heavy (non-hydrogen) atoms. The lowest BCUT2D eigenvalue weighted by Crippen LogP contribution is -2.39. The highest BCUT2D eigenvalue weighted by Crippen LogP contribution is 2.34. The van der Waals surface area contributed by atoms with E-state index in [9.17, 15) is 18.0 Å². The third-order valence-electron chi connectivity index (χ3n) is 4.91. The van der Waals surface area contributed by atoms with Gasteiger partial charge < -0.3 is 10.1 Å². The summed E-state index contributed by atoms with van der Waals surface area (Å²) in [5.74, 6) is -0.416. The summed E-state index contributed by atoms with van der Waals surface area (Å²) in [7, 11) is -0.573. The first kappa shape index (κ1) is 21.8. The van der Waals surface area contributed by atoms with Crippen LogP contribution in [0.3, 0.4) is 0 Å². The van der Waals surface area contributed by atoms with Crippen molar-refractivity contribution < 1.29 is 22.7 Å². The molecule has 2 aromatic carbocycles. The molecule has 1 heterocycles. The van der Waals surface area contributed by atoms with Crippen molar-refractivity contribution in [3.05, 3.63) is 53.6 Å². The summed E-state index contributed by atoms with van der Waals surface area (Å²) in [4.78, 5) is 26.5. The lowest BCUT2D eigenvalue weighted by molar-refractivity contribution is 0.0526. The molecule has 0 fully saturated rings. The molecule has 8 nitrogen and oxygen atoms in total. The number of amides is 2. The van der Waals surface area contributed by atoms with E-state index in [2.05, 4.69) is 5.32 Å². The highest BCUT2D eigenvalue weighted by atomic mass is 32.2. The second kappa shape index (κ2) is 8.45. The summed E-state index contributed by atoms with van der Waals surface area (Å²) in [5, 5.41) is 2.82. The van der Waals surface area contributed by atoms with Crippen molar-refractivity contribution >= 4 is 33.4 Å². The van der Waals surface area contributed by atoms with Crippen LogP contribution in [0.15, 0.2) is 47.4 Å². The fourth-order valence-corrected chi connectivity index (χ4v) is 4.33. The van der Waals surface area contributed by atoms with Crippen LogP contribution >= 0.6 is 0 Å². The zero-order valence-electron chi connectivity index (χ0n) is 17.4. The fourth-order valence-electron chi connectivity index (χ4n) is 3.38. The maximum atomic E-state index is 12.9. The van der Waals surface area contributed by atoms with E-state index in [1.165, 1.54) is 20.2 Å². The molecule has 0 aliphatic carbocycles. The number of hydrogen-bond donors (Lipinski definition) is 1. The lowest BCUT2D eigenvalue weighted by atomic mass is 10.1. The maximum Gasteiger partial charge on any atom is 0.338 e. The molecule has 1 aliphatic rings. The number of benzene rings is 2. The molecule has 1 atom stereocenters. The average Bonchev–Trinajstić information content (AvgIpc) is 3.03. The summed E-state index contributed by atoms with van der Waals surface area (Å²) in [6, 6.07) is 10.8. The van der Waals surface area contributed by atoms with Crippen LogP contribution in [0.1, 0.15) is 29.8 Å². The predicted octanol–water partition coefficient (Wildman–Crippen LogP) is 3.10. The van der Waals surface area contributed by atoms with Gasteiger partial charge >= 0.3 is 12.0 Å². The molecule has 2 aromatic rings. The molecule has 1 unspecified atom stereocenters. The molecule has 0 radical (unpaired) electrons. The lowest BCUT2D eigenvalue weighted by Gasteiger charge is -2.23.